The van der Waals surface area contributed by atoms with E-state index in [9.17, 15) is 0 Å². The monoisotopic (exact) mass is 232 g/mol. The number of anilines is 1. The molecule has 0 bridgehead atoms. The maximum absolute atomic E-state index is 5.54. The van der Waals surface area contributed by atoms with Crippen LogP contribution in [0.25, 0.3) is 0 Å². The number of pyridine rings is 1. The smallest absolute Gasteiger partial charge is 0.133 e. The first-order valence-corrected chi connectivity index (χ1v) is 6.09. The van der Waals surface area contributed by atoms with Crippen molar-refractivity contribution in [1.29, 1.82) is 0 Å². The molecule has 1 aliphatic rings. The van der Waals surface area contributed by atoms with Crippen molar-refractivity contribution in [3.05, 3.63) is 36.2 Å². The summed E-state index contributed by atoms with van der Waals surface area (Å²) in [6, 6.07) is 4.24. The molecule has 17 heavy (non-hydrogen) atoms. The first-order valence-electron chi connectivity index (χ1n) is 6.09. The molecule has 0 radical (unpaired) electrons. The first kappa shape index (κ1) is 12.0. The Bertz CT molecular complexity index is 391. The molecule has 0 aromatic carbocycles. The summed E-state index contributed by atoms with van der Waals surface area (Å²) >= 11 is 0. The van der Waals surface area contributed by atoms with Gasteiger partial charge < -0.3 is 9.64 Å². The molecule has 3 nitrogen and oxygen atoms in total. The Labute approximate surface area is 103 Å². The Morgan fingerprint density at radius 1 is 1.47 bits per heavy atom. The molecule has 1 aliphatic heterocycles. The molecule has 1 fully saturated rings. The Morgan fingerprint density at radius 2 is 2.18 bits per heavy atom. The van der Waals surface area contributed by atoms with Gasteiger partial charge in [-0.25, -0.2) is 4.98 Å². The maximum Gasteiger partial charge on any atom is 0.133 e. The number of allylic oxidation sites excluding steroid dienone is 1. The highest BCUT2D eigenvalue weighted by atomic mass is 16.5. The van der Waals surface area contributed by atoms with Crippen LogP contribution in [0.15, 0.2) is 30.7 Å². The van der Waals surface area contributed by atoms with Crippen LogP contribution in [0.4, 0.5) is 5.82 Å². The molecular weight excluding hydrogens is 212 g/mol. The molecule has 2 rings (SSSR count). The van der Waals surface area contributed by atoms with Gasteiger partial charge in [-0.2, -0.15) is 0 Å². The fourth-order valence-corrected chi connectivity index (χ4v) is 1.91. The second kappa shape index (κ2) is 4.78. The average Bonchev–Trinajstić information content (AvgIpc) is 2.23. The van der Waals surface area contributed by atoms with Crippen LogP contribution < -0.4 is 4.90 Å². The zero-order chi connectivity index (χ0) is 12.4. The van der Waals surface area contributed by atoms with Gasteiger partial charge in [0.25, 0.3) is 0 Å². The Kier molecular flexibility index (Phi) is 3.36. The number of aromatic nitrogens is 1. The molecule has 0 unspecified atom stereocenters. The van der Waals surface area contributed by atoms with Crippen molar-refractivity contribution in [3.8, 4) is 0 Å². The summed E-state index contributed by atoms with van der Waals surface area (Å²) in [5, 5.41) is 0. The standard InChI is InChI=1S/C14H20N2O/c1-10(2)12-5-6-14(15-7-12)16-8-13(9-16)17-11(3)4/h5-7,10,13H,3,8-9H2,1-2,4H3. The molecule has 1 aromatic heterocycles. The van der Waals surface area contributed by atoms with Crippen LogP contribution >= 0.6 is 0 Å². The van der Waals surface area contributed by atoms with Gasteiger partial charge in [-0.1, -0.05) is 26.5 Å². The van der Waals surface area contributed by atoms with Crippen molar-refractivity contribution in [2.75, 3.05) is 18.0 Å². The maximum atomic E-state index is 5.54. The molecule has 0 aliphatic carbocycles. The highest BCUT2D eigenvalue weighted by Gasteiger charge is 2.29. The lowest BCUT2D eigenvalue weighted by Crippen LogP contribution is -2.52. The van der Waals surface area contributed by atoms with Crippen molar-refractivity contribution in [2.45, 2.75) is 32.8 Å². The van der Waals surface area contributed by atoms with Crippen molar-refractivity contribution < 1.29 is 4.74 Å². The number of rotatable bonds is 4. The predicted octanol–water partition coefficient (Wildman–Crippen LogP) is 2.94. The summed E-state index contributed by atoms with van der Waals surface area (Å²) in [7, 11) is 0. The van der Waals surface area contributed by atoms with E-state index in [0.29, 0.717) is 5.92 Å². The lowest BCUT2D eigenvalue weighted by molar-refractivity contribution is 0.0924. The normalized spacial score (nSPS) is 15.9. The van der Waals surface area contributed by atoms with Gasteiger partial charge in [-0.05, 0) is 24.5 Å². The highest BCUT2D eigenvalue weighted by Crippen LogP contribution is 2.23. The quantitative estimate of drug-likeness (QED) is 0.746. The van der Waals surface area contributed by atoms with Gasteiger partial charge in [0.1, 0.15) is 11.9 Å². The Balaban J connectivity index is 1.91. The second-order valence-corrected chi connectivity index (χ2v) is 4.95. The fraction of sp³-hybridized carbons (Fsp3) is 0.500. The molecule has 0 N–H and O–H groups in total. The molecule has 3 heteroatoms. The molecule has 0 spiro atoms. The highest BCUT2D eigenvalue weighted by molar-refractivity contribution is 5.43. The van der Waals surface area contributed by atoms with Gasteiger partial charge in [-0.15, -0.1) is 0 Å². The molecule has 2 heterocycles. The van der Waals surface area contributed by atoms with E-state index in [-0.39, 0.29) is 6.10 Å². The van der Waals surface area contributed by atoms with Crippen LogP contribution in [-0.4, -0.2) is 24.2 Å². The minimum Gasteiger partial charge on any atom is -0.492 e. The van der Waals surface area contributed by atoms with Crippen molar-refractivity contribution in [3.63, 3.8) is 0 Å². The molecule has 92 valence electrons. The number of ether oxygens (including phenoxy) is 1. The lowest BCUT2D eigenvalue weighted by atomic mass is 10.1. The summed E-state index contributed by atoms with van der Waals surface area (Å²) in [5.74, 6) is 2.36. The van der Waals surface area contributed by atoms with Crippen molar-refractivity contribution >= 4 is 5.82 Å². The van der Waals surface area contributed by atoms with E-state index in [2.05, 4.69) is 42.4 Å². The van der Waals surface area contributed by atoms with Crippen LogP contribution in [0, 0.1) is 0 Å². The third-order valence-corrected chi connectivity index (χ3v) is 2.98. The van der Waals surface area contributed by atoms with E-state index in [1.807, 2.05) is 13.1 Å². The first-order chi connectivity index (χ1) is 8.06. The van der Waals surface area contributed by atoms with Crippen molar-refractivity contribution in [1.82, 2.24) is 4.98 Å². The zero-order valence-corrected chi connectivity index (χ0v) is 10.8. The number of hydrogen-bond acceptors (Lipinski definition) is 3. The third kappa shape index (κ3) is 2.78. The van der Waals surface area contributed by atoms with Crippen LogP contribution in [0.1, 0.15) is 32.3 Å². The molecule has 0 saturated carbocycles. The predicted molar refractivity (Wildman–Crippen MR) is 70.2 cm³/mol. The minimum atomic E-state index is 0.277. The van der Waals surface area contributed by atoms with Gasteiger partial charge >= 0.3 is 0 Å². The molecule has 0 atom stereocenters. The van der Waals surface area contributed by atoms with E-state index >= 15 is 0 Å². The van der Waals surface area contributed by atoms with Crippen LogP contribution in [-0.2, 0) is 4.74 Å². The topological polar surface area (TPSA) is 25.4 Å². The Hall–Kier alpha value is -1.51. The van der Waals surface area contributed by atoms with E-state index in [1.54, 1.807) is 0 Å². The van der Waals surface area contributed by atoms with Crippen LogP contribution in [0.5, 0.6) is 0 Å². The summed E-state index contributed by atoms with van der Waals surface area (Å²) in [4.78, 5) is 6.70. The van der Waals surface area contributed by atoms with Gasteiger partial charge in [0, 0.05) is 6.20 Å². The van der Waals surface area contributed by atoms with E-state index in [4.69, 9.17) is 4.74 Å². The third-order valence-electron chi connectivity index (χ3n) is 2.98. The summed E-state index contributed by atoms with van der Waals surface area (Å²) in [6.07, 6.45) is 2.24. The molecule has 1 saturated heterocycles. The fourth-order valence-electron chi connectivity index (χ4n) is 1.91. The summed E-state index contributed by atoms with van der Waals surface area (Å²) in [6.45, 7) is 11.8. The molecular formula is C14H20N2O. The van der Waals surface area contributed by atoms with Gasteiger partial charge in [0.15, 0.2) is 0 Å². The largest absolute Gasteiger partial charge is 0.492 e. The zero-order valence-electron chi connectivity index (χ0n) is 10.8. The van der Waals surface area contributed by atoms with Gasteiger partial charge in [0.2, 0.25) is 0 Å². The van der Waals surface area contributed by atoms with Gasteiger partial charge in [-0.3, -0.25) is 0 Å². The summed E-state index contributed by atoms with van der Waals surface area (Å²) in [5.41, 5.74) is 1.28. The second-order valence-electron chi connectivity index (χ2n) is 4.95. The van der Waals surface area contributed by atoms with Crippen LogP contribution in [0.3, 0.4) is 0 Å². The van der Waals surface area contributed by atoms with Crippen molar-refractivity contribution in [2.24, 2.45) is 0 Å². The SMILES string of the molecule is C=C(C)OC1CN(c2ccc(C(C)C)cn2)C1. The van der Waals surface area contributed by atoms with Gasteiger partial charge in [0.05, 0.1) is 18.8 Å². The lowest BCUT2D eigenvalue weighted by Gasteiger charge is -2.39. The number of nitrogens with zero attached hydrogens (tertiary/aromatic N) is 2. The number of hydrogen-bond donors (Lipinski definition) is 0. The van der Waals surface area contributed by atoms with E-state index in [0.717, 1.165) is 24.7 Å². The molecule has 1 aromatic rings. The van der Waals surface area contributed by atoms with E-state index < -0.39 is 0 Å². The average molecular weight is 232 g/mol. The van der Waals surface area contributed by atoms with E-state index in [1.165, 1.54) is 5.56 Å². The summed E-state index contributed by atoms with van der Waals surface area (Å²) < 4.78 is 5.54. The Morgan fingerprint density at radius 3 is 2.65 bits per heavy atom. The minimum absolute atomic E-state index is 0.277. The van der Waals surface area contributed by atoms with Crippen LogP contribution in [0.2, 0.25) is 0 Å². The molecule has 0 amide bonds.